The van der Waals surface area contributed by atoms with E-state index in [1.807, 2.05) is 19.9 Å². The Hall–Kier alpha value is -2.10. The Kier molecular flexibility index (Phi) is 3.53. The summed E-state index contributed by atoms with van der Waals surface area (Å²) < 4.78 is 0. The number of fused-ring (bicyclic) bond motifs is 1. The lowest BCUT2D eigenvalue weighted by Crippen LogP contribution is -2.24. The molecule has 0 fully saturated rings. The monoisotopic (exact) mass is 283 g/mol. The van der Waals surface area contributed by atoms with Crippen molar-refractivity contribution < 1.29 is 0 Å². The number of nitrogen functional groups attached to an aromatic ring is 1. The van der Waals surface area contributed by atoms with Crippen LogP contribution in [-0.4, -0.2) is 9.97 Å². The van der Waals surface area contributed by atoms with Crippen LogP contribution in [0.1, 0.15) is 61.0 Å². The van der Waals surface area contributed by atoms with Crippen LogP contribution in [-0.2, 0) is 6.42 Å². The first-order chi connectivity index (χ1) is 10.1. The lowest BCUT2D eigenvalue weighted by Gasteiger charge is -2.25. The van der Waals surface area contributed by atoms with Crippen molar-refractivity contribution in [2.24, 2.45) is 0 Å². The van der Waals surface area contributed by atoms with Gasteiger partial charge in [0, 0.05) is 5.92 Å². The lowest BCUT2D eigenvalue weighted by atomic mass is 9.82. The summed E-state index contributed by atoms with van der Waals surface area (Å²) in [4.78, 5) is 19.7. The lowest BCUT2D eigenvalue weighted by molar-refractivity contribution is 0.587. The summed E-state index contributed by atoms with van der Waals surface area (Å²) in [5.74, 6) is 1.29. The van der Waals surface area contributed by atoms with E-state index in [0.717, 1.165) is 19.3 Å². The highest BCUT2D eigenvalue weighted by Gasteiger charge is 2.24. The molecule has 4 nitrogen and oxygen atoms in total. The molecule has 0 bridgehead atoms. The predicted octanol–water partition coefficient (Wildman–Crippen LogP) is 2.94. The first kappa shape index (κ1) is 13.9. The second-order valence-electron chi connectivity index (χ2n) is 6.05. The molecule has 110 valence electrons. The summed E-state index contributed by atoms with van der Waals surface area (Å²) in [7, 11) is 0. The van der Waals surface area contributed by atoms with Gasteiger partial charge in [-0.1, -0.05) is 38.1 Å². The molecular formula is C17H21N3O. The van der Waals surface area contributed by atoms with Crippen LogP contribution in [0.4, 0.5) is 5.82 Å². The molecule has 21 heavy (non-hydrogen) atoms. The maximum atomic E-state index is 12.3. The van der Waals surface area contributed by atoms with Crippen LogP contribution in [0.5, 0.6) is 0 Å². The Morgan fingerprint density at radius 3 is 2.81 bits per heavy atom. The fraction of sp³-hybridized carbons (Fsp3) is 0.412. The molecular weight excluding hydrogens is 262 g/mol. The third-order valence-corrected chi connectivity index (χ3v) is 4.28. The van der Waals surface area contributed by atoms with Crippen molar-refractivity contribution in [1.29, 1.82) is 0 Å². The van der Waals surface area contributed by atoms with Gasteiger partial charge in [-0.15, -0.1) is 0 Å². The Morgan fingerprint density at radius 2 is 2.10 bits per heavy atom. The SMILES string of the molecule is CC(C)c1c(N)nc(C2CCCc3ccccc32)[nH]c1=O. The number of hydrogen-bond acceptors (Lipinski definition) is 3. The van der Waals surface area contributed by atoms with Gasteiger partial charge in [-0.25, -0.2) is 4.98 Å². The van der Waals surface area contributed by atoms with Crippen LogP contribution in [0, 0.1) is 0 Å². The molecule has 3 rings (SSSR count). The van der Waals surface area contributed by atoms with Gasteiger partial charge in [0.05, 0.1) is 5.56 Å². The number of rotatable bonds is 2. The molecule has 1 aliphatic carbocycles. The minimum Gasteiger partial charge on any atom is -0.383 e. The van der Waals surface area contributed by atoms with Crippen LogP contribution < -0.4 is 11.3 Å². The van der Waals surface area contributed by atoms with Gasteiger partial charge >= 0.3 is 0 Å². The standard InChI is InChI=1S/C17H21N3O/c1-10(2)14-15(18)19-16(20-17(14)21)13-9-5-7-11-6-3-4-8-12(11)13/h3-4,6,8,10,13H,5,7,9H2,1-2H3,(H3,18,19,20,21). The zero-order valence-corrected chi connectivity index (χ0v) is 12.5. The number of benzene rings is 1. The van der Waals surface area contributed by atoms with Crippen LogP contribution in [0.15, 0.2) is 29.1 Å². The van der Waals surface area contributed by atoms with Crippen molar-refractivity contribution in [3.63, 3.8) is 0 Å². The summed E-state index contributed by atoms with van der Waals surface area (Å²) in [5.41, 5.74) is 9.12. The number of aromatic amines is 1. The van der Waals surface area contributed by atoms with E-state index in [1.165, 1.54) is 11.1 Å². The molecule has 0 radical (unpaired) electrons. The third-order valence-electron chi connectivity index (χ3n) is 4.28. The van der Waals surface area contributed by atoms with Gasteiger partial charge in [-0.05, 0) is 36.3 Å². The number of aromatic nitrogens is 2. The molecule has 1 heterocycles. The number of H-pyrrole nitrogens is 1. The third kappa shape index (κ3) is 2.46. The zero-order chi connectivity index (χ0) is 15.0. The molecule has 2 aromatic rings. The Bertz CT molecular complexity index is 718. The van der Waals surface area contributed by atoms with Crippen LogP contribution in [0.2, 0.25) is 0 Å². The normalized spacial score (nSPS) is 17.8. The van der Waals surface area contributed by atoms with E-state index in [2.05, 4.69) is 28.2 Å². The van der Waals surface area contributed by atoms with E-state index in [0.29, 0.717) is 17.2 Å². The van der Waals surface area contributed by atoms with Gasteiger partial charge in [-0.2, -0.15) is 0 Å². The highest BCUT2D eigenvalue weighted by atomic mass is 16.1. The van der Waals surface area contributed by atoms with Crippen molar-refractivity contribution in [3.8, 4) is 0 Å². The maximum Gasteiger partial charge on any atom is 0.256 e. The molecule has 1 unspecified atom stereocenters. The topological polar surface area (TPSA) is 71.8 Å². The van der Waals surface area contributed by atoms with E-state index in [-0.39, 0.29) is 17.4 Å². The van der Waals surface area contributed by atoms with Gasteiger partial charge in [0.2, 0.25) is 0 Å². The van der Waals surface area contributed by atoms with E-state index in [9.17, 15) is 4.79 Å². The van der Waals surface area contributed by atoms with Crippen molar-refractivity contribution in [1.82, 2.24) is 9.97 Å². The molecule has 0 saturated carbocycles. The highest BCUT2D eigenvalue weighted by molar-refractivity contribution is 5.42. The average Bonchev–Trinajstić information content (AvgIpc) is 2.45. The number of nitrogens with zero attached hydrogens (tertiary/aromatic N) is 1. The molecule has 1 aromatic heterocycles. The molecule has 0 amide bonds. The van der Waals surface area contributed by atoms with Gasteiger partial charge in [-0.3, -0.25) is 4.79 Å². The average molecular weight is 283 g/mol. The summed E-state index contributed by atoms with van der Waals surface area (Å²) in [6, 6.07) is 8.39. The molecule has 0 saturated heterocycles. The van der Waals surface area contributed by atoms with Gasteiger partial charge < -0.3 is 10.7 Å². The molecule has 1 aromatic carbocycles. The molecule has 3 N–H and O–H groups in total. The number of nitrogens with two attached hydrogens (primary N) is 1. The van der Waals surface area contributed by atoms with Crippen LogP contribution >= 0.6 is 0 Å². The minimum atomic E-state index is -0.101. The highest BCUT2D eigenvalue weighted by Crippen LogP contribution is 2.35. The minimum absolute atomic E-state index is 0.0777. The summed E-state index contributed by atoms with van der Waals surface area (Å²) in [5, 5.41) is 0. The van der Waals surface area contributed by atoms with Gasteiger partial charge in [0.15, 0.2) is 0 Å². The van der Waals surface area contributed by atoms with Crippen molar-refractivity contribution in [2.75, 3.05) is 5.73 Å². The van der Waals surface area contributed by atoms with Crippen molar-refractivity contribution in [2.45, 2.75) is 44.9 Å². The first-order valence-corrected chi connectivity index (χ1v) is 7.55. The maximum absolute atomic E-state index is 12.3. The zero-order valence-electron chi connectivity index (χ0n) is 12.5. The number of anilines is 1. The Labute approximate surface area is 124 Å². The van der Waals surface area contributed by atoms with Gasteiger partial charge in [0.1, 0.15) is 11.6 Å². The van der Waals surface area contributed by atoms with Crippen molar-refractivity contribution >= 4 is 5.82 Å². The molecule has 4 heteroatoms. The number of hydrogen-bond donors (Lipinski definition) is 2. The number of aryl methyl sites for hydroxylation is 1. The molecule has 0 spiro atoms. The van der Waals surface area contributed by atoms with E-state index >= 15 is 0 Å². The molecule has 1 atom stereocenters. The molecule has 1 aliphatic rings. The summed E-state index contributed by atoms with van der Waals surface area (Å²) in [6.45, 7) is 3.91. The summed E-state index contributed by atoms with van der Waals surface area (Å²) >= 11 is 0. The molecule has 0 aliphatic heterocycles. The quantitative estimate of drug-likeness (QED) is 0.890. The fourth-order valence-electron chi connectivity index (χ4n) is 3.28. The van der Waals surface area contributed by atoms with Gasteiger partial charge in [0.25, 0.3) is 5.56 Å². The van der Waals surface area contributed by atoms with Crippen LogP contribution in [0.25, 0.3) is 0 Å². The predicted molar refractivity (Wildman–Crippen MR) is 84.6 cm³/mol. The van der Waals surface area contributed by atoms with Crippen molar-refractivity contribution in [3.05, 3.63) is 57.1 Å². The second-order valence-corrected chi connectivity index (χ2v) is 6.05. The largest absolute Gasteiger partial charge is 0.383 e. The second kappa shape index (κ2) is 5.35. The smallest absolute Gasteiger partial charge is 0.256 e. The Balaban J connectivity index is 2.09. The van der Waals surface area contributed by atoms with E-state index in [4.69, 9.17) is 5.73 Å². The Morgan fingerprint density at radius 1 is 1.33 bits per heavy atom. The summed E-state index contributed by atoms with van der Waals surface area (Å²) in [6.07, 6.45) is 3.20. The number of nitrogens with one attached hydrogen (secondary N) is 1. The van der Waals surface area contributed by atoms with Crippen LogP contribution in [0.3, 0.4) is 0 Å². The first-order valence-electron chi connectivity index (χ1n) is 7.55. The van der Waals surface area contributed by atoms with E-state index in [1.54, 1.807) is 0 Å². The fourth-order valence-corrected chi connectivity index (χ4v) is 3.28. The van der Waals surface area contributed by atoms with E-state index < -0.39 is 0 Å².